The summed E-state index contributed by atoms with van der Waals surface area (Å²) >= 11 is 1.62. The molecular formula is C16H14N4OS. The van der Waals surface area contributed by atoms with Gasteiger partial charge in [-0.25, -0.2) is 15.0 Å². The van der Waals surface area contributed by atoms with Gasteiger partial charge >= 0.3 is 0 Å². The second-order valence-corrected chi connectivity index (χ2v) is 6.62. The number of amides is 1. The smallest absolute Gasteiger partial charge is 0.254 e. The highest BCUT2D eigenvalue weighted by Gasteiger charge is 2.22. The third kappa shape index (κ3) is 2.25. The molecule has 2 aromatic heterocycles. The standard InChI is InChI=1S/C16H14N4OS/c1-10-19-14-3-2-11(6-15(14)22-10)16(21)20-5-4-13-12(8-20)7-17-9-18-13/h2-3,6-7,9H,4-5,8H2,1H3. The van der Waals surface area contributed by atoms with Gasteiger partial charge in [-0.2, -0.15) is 0 Å². The van der Waals surface area contributed by atoms with E-state index in [0.29, 0.717) is 13.1 Å². The number of fused-ring (bicyclic) bond motifs is 2. The molecule has 3 aromatic rings. The Balaban J connectivity index is 1.63. The lowest BCUT2D eigenvalue weighted by Gasteiger charge is -2.27. The molecular weight excluding hydrogens is 296 g/mol. The molecule has 5 nitrogen and oxygen atoms in total. The fraction of sp³-hybridized carbons (Fsp3) is 0.250. The van der Waals surface area contributed by atoms with E-state index >= 15 is 0 Å². The Labute approximate surface area is 131 Å². The monoisotopic (exact) mass is 310 g/mol. The molecule has 6 heteroatoms. The second kappa shape index (κ2) is 5.14. The number of aryl methyl sites for hydroxylation is 1. The van der Waals surface area contributed by atoms with Gasteiger partial charge in [-0.05, 0) is 25.1 Å². The number of aromatic nitrogens is 3. The molecule has 0 fully saturated rings. The van der Waals surface area contributed by atoms with E-state index in [9.17, 15) is 4.79 Å². The summed E-state index contributed by atoms with van der Waals surface area (Å²) in [6.07, 6.45) is 4.15. The molecule has 3 heterocycles. The van der Waals surface area contributed by atoms with E-state index in [0.717, 1.165) is 38.5 Å². The molecule has 0 spiro atoms. The van der Waals surface area contributed by atoms with Crippen LogP contribution in [0.15, 0.2) is 30.7 Å². The lowest BCUT2D eigenvalue weighted by Crippen LogP contribution is -2.36. The van der Waals surface area contributed by atoms with Crippen molar-refractivity contribution in [1.82, 2.24) is 19.9 Å². The summed E-state index contributed by atoms with van der Waals surface area (Å²) < 4.78 is 1.06. The number of hydrogen-bond acceptors (Lipinski definition) is 5. The van der Waals surface area contributed by atoms with Gasteiger partial charge in [-0.15, -0.1) is 11.3 Å². The maximum absolute atomic E-state index is 12.7. The molecule has 1 aliphatic heterocycles. The van der Waals surface area contributed by atoms with Crippen LogP contribution in [0.3, 0.4) is 0 Å². The van der Waals surface area contributed by atoms with Crippen LogP contribution in [-0.4, -0.2) is 32.3 Å². The summed E-state index contributed by atoms with van der Waals surface area (Å²) in [4.78, 5) is 27.4. The van der Waals surface area contributed by atoms with E-state index < -0.39 is 0 Å². The van der Waals surface area contributed by atoms with Gasteiger partial charge in [0.25, 0.3) is 5.91 Å². The maximum atomic E-state index is 12.7. The van der Waals surface area contributed by atoms with Crippen LogP contribution in [0.2, 0.25) is 0 Å². The van der Waals surface area contributed by atoms with Gasteiger partial charge in [0.05, 0.1) is 20.9 Å². The highest BCUT2D eigenvalue weighted by atomic mass is 32.1. The molecule has 0 radical (unpaired) electrons. The Morgan fingerprint density at radius 1 is 1.36 bits per heavy atom. The highest BCUT2D eigenvalue weighted by Crippen LogP contribution is 2.24. The molecule has 1 amide bonds. The topological polar surface area (TPSA) is 59.0 Å². The summed E-state index contributed by atoms with van der Waals surface area (Å²) in [5.74, 6) is 0.0578. The molecule has 22 heavy (non-hydrogen) atoms. The van der Waals surface area contributed by atoms with Gasteiger partial charge in [0, 0.05) is 36.8 Å². The number of hydrogen-bond donors (Lipinski definition) is 0. The Kier molecular flexibility index (Phi) is 3.11. The van der Waals surface area contributed by atoms with Crippen LogP contribution in [0.25, 0.3) is 10.2 Å². The first-order chi connectivity index (χ1) is 10.7. The first kappa shape index (κ1) is 13.3. The van der Waals surface area contributed by atoms with E-state index in [1.54, 1.807) is 23.9 Å². The van der Waals surface area contributed by atoms with Crippen LogP contribution in [0.1, 0.15) is 26.6 Å². The maximum Gasteiger partial charge on any atom is 0.254 e. The minimum absolute atomic E-state index is 0.0578. The Morgan fingerprint density at radius 3 is 3.18 bits per heavy atom. The van der Waals surface area contributed by atoms with Gasteiger partial charge in [-0.3, -0.25) is 4.79 Å². The number of nitrogens with zero attached hydrogens (tertiary/aromatic N) is 4. The number of carbonyl (C=O) groups is 1. The first-order valence-electron chi connectivity index (χ1n) is 7.15. The summed E-state index contributed by atoms with van der Waals surface area (Å²) in [6.45, 7) is 3.26. The van der Waals surface area contributed by atoms with E-state index in [-0.39, 0.29) is 5.91 Å². The van der Waals surface area contributed by atoms with E-state index in [2.05, 4.69) is 15.0 Å². The zero-order chi connectivity index (χ0) is 15.1. The average Bonchev–Trinajstić information content (AvgIpc) is 2.92. The summed E-state index contributed by atoms with van der Waals surface area (Å²) in [6, 6.07) is 5.73. The van der Waals surface area contributed by atoms with Crippen molar-refractivity contribution in [2.24, 2.45) is 0 Å². The predicted octanol–water partition coefficient (Wildman–Crippen LogP) is 2.59. The molecule has 0 N–H and O–H groups in total. The molecule has 1 aromatic carbocycles. The third-order valence-corrected chi connectivity index (χ3v) is 4.82. The van der Waals surface area contributed by atoms with Crippen molar-refractivity contribution in [2.75, 3.05) is 6.54 Å². The molecule has 0 aliphatic carbocycles. The second-order valence-electron chi connectivity index (χ2n) is 5.39. The lowest BCUT2D eigenvalue weighted by atomic mass is 10.1. The molecule has 0 saturated carbocycles. The van der Waals surface area contributed by atoms with E-state index in [1.807, 2.05) is 30.0 Å². The third-order valence-electron chi connectivity index (χ3n) is 3.89. The molecule has 0 atom stereocenters. The summed E-state index contributed by atoms with van der Waals surface area (Å²) in [7, 11) is 0. The van der Waals surface area contributed by atoms with Crippen LogP contribution in [0, 0.1) is 6.92 Å². The van der Waals surface area contributed by atoms with Crippen LogP contribution < -0.4 is 0 Å². The normalized spacial score (nSPS) is 14.1. The Hall–Kier alpha value is -2.34. The van der Waals surface area contributed by atoms with Crippen molar-refractivity contribution in [3.8, 4) is 0 Å². The average molecular weight is 310 g/mol. The SMILES string of the molecule is Cc1nc2ccc(C(=O)N3CCc4ncncc4C3)cc2s1. The van der Waals surface area contributed by atoms with Crippen molar-refractivity contribution in [2.45, 2.75) is 19.9 Å². The Bertz CT molecular complexity index is 873. The Morgan fingerprint density at radius 2 is 2.27 bits per heavy atom. The summed E-state index contributed by atoms with van der Waals surface area (Å²) in [5.41, 5.74) is 3.76. The van der Waals surface area contributed by atoms with Crippen molar-refractivity contribution >= 4 is 27.5 Å². The fourth-order valence-electron chi connectivity index (χ4n) is 2.80. The van der Waals surface area contributed by atoms with Crippen molar-refractivity contribution in [3.05, 3.63) is 52.6 Å². The molecule has 1 aliphatic rings. The lowest BCUT2D eigenvalue weighted by molar-refractivity contribution is 0.0733. The predicted molar refractivity (Wildman–Crippen MR) is 84.8 cm³/mol. The zero-order valence-corrected chi connectivity index (χ0v) is 12.9. The van der Waals surface area contributed by atoms with Crippen molar-refractivity contribution in [1.29, 1.82) is 0 Å². The van der Waals surface area contributed by atoms with Gasteiger partial charge in [0.15, 0.2) is 0 Å². The number of carbonyl (C=O) groups excluding carboxylic acids is 1. The van der Waals surface area contributed by atoms with E-state index in [4.69, 9.17) is 0 Å². The quantitative estimate of drug-likeness (QED) is 0.693. The molecule has 4 rings (SSSR count). The van der Waals surface area contributed by atoms with Crippen LogP contribution in [0.5, 0.6) is 0 Å². The van der Waals surface area contributed by atoms with Crippen LogP contribution in [-0.2, 0) is 13.0 Å². The minimum Gasteiger partial charge on any atom is -0.334 e. The highest BCUT2D eigenvalue weighted by molar-refractivity contribution is 7.18. The number of benzene rings is 1. The van der Waals surface area contributed by atoms with Gasteiger partial charge in [0.2, 0.25) is 0 Å². The van der Waals surface area contributed by atoms with Crippen LogP contribution in [0.4, 0.5) is 0 Å². The number of thiazole rings is 1. The van der Waals surface area contributed by atoms with Gasteiger partial charge in [0.1, 0.15) is 6.33 Å². The zero-order valence-electron chi connectivity index (χ0n) is 12.1. The van der Waals surface area contributed by atoms with Crippen molar-refractivity contribution in [3.63, 3.8) is 0 Å². The molecule has 110 valence electrons. The van der Waals surface area contributed by atoms with Gasteiger partial charge < -0.3 is 4.90 Å². The van der Waals surface area contributed by atoms with Gasteiger partial charge in [-0.1, -0.05) is 0 Å². The summed E-state index contributed by atoms with van der Waals surface area (Å²) in [5, 5.41) is 1.02. The molecule has 0 saturated heterocycles. The largest absolute Gasteiger partial charge is 0.334 e. The van der Waals surface area contributed by atoms with Crippen molar-refractivity contribution < 1.29 is 4.79 Å². The number of rotatable bonds is 1. The minimum atomic E-state index is 0.0578. The van der Waals surface area contributed by atoms with Crippen LogP contribution >= 0.6 is 11.3 Å². The molecule has 0 unspecified atom stereocenters. The fourth-order valence-corrected chi connectivity index (χ4v) is 3.66. The molecule has 0 bridgehead atoms. The first-order valence-corrected chi connectivity index (χ1v) is 7.96. The van der Waals surface area contributed by atoms with E-state index in [1.165, 1.54) is 0 Å².